The van der Waals surface area contributed by atoms with Gasteiger partial charge < -0.3 is 59.4 Å². The predicted molar refractivity (Wildman–Crippen MR) is 506 cm³/mol. The number of ether oxygens (including phenoxy) is 5. The molecule has 0 aromatic heterocycles. The van der Waals surface area contributed by atoms with Crippen LogP contribution in [0.1, 0.15) is 486 Å². The average molecular weight is 1720 g/mol. The molecule has 0 aliphatic rings. The number of allylic oxidation sites excluding steroid dienone is 8. The lowest BCUT2D eigenvalue weighted by molar-refractivity contribution is -0.161. The first-order valence-corrected chi connectivity index (χ1v) is 50.7. The van der Waals surface area contributed by atoms with E-state index in [1.54, 1.807) is 0 Å². The summed E-state index contributed by atoms with van der Waals surface area (Å²) in [6.45, 7) is 19.2. The minimum absolute atomic E-state index is 0.0709. The van der Waals surface area contributed by atoms with Gasteiger partial charge in [0, 0.05) is 19.3 Å². The van der Waals surface area contributed by atoms with Gasteiger partial charge in [0.15, 0.2) is 18.3 Å². The third-order valence-corrected chi connectivity index (χ3v) is 22.4. The topological polar surface area (TPSA) is 273 Å². The third kappa shape index (κ3) is 105. The highest BCUT2D eigenvalue weighted by molar-refractivity contribution is 5.75. The summed E-state index contributed by atoms with van der Waals surface area (Å²) >= 11 is 0. The van der Waals surface area contributed by atoms with Crippen LogP contribution in [0.5, 0.6) is 0 Å². The van der Waals surface area contributed by atoms with Gasteiger partial charge in [0.05, 0.1) is 39.6 Å². The van der Waals surface area contributed by atoms with Crippen LogP contribution in [-0.2, 0) is 47.7 Å². The van der Waals surface area contributed by atoms with Gasteiger partial charge in [-0.1, -0.05) is 381 Å². The first-order chi connectivity index (χ1) is 58.8. The maximum Gasteiger partial charge on any atom is 0.337 e. The van der Waals surface area contributed by atoms with Gasteiger partial charge >= 0.3 is 29.8 Å². The Hall–Kier alpha value is -3.97. The van der Waals surface area contributed by atoms with E-state index in [-0.39, 0.29) is 44.3 Å². The summed E-state index contributed by atoms with van der Waals surface area (Å²) in [7, 11) is 0. The lowest BCUT2D eigenvalue weighted by Crippen LogP contribution is -2.28. The normalized spacial score (nSPS) is 13.3. The van der Waals surface area contributed by atoms with Crippen molar-refractivity contribution >= 4 is 29.8 Å². The Balaban J connectivity index is -0.000000781. The Morgan fingerprint density at radius 3 is 0.802 bits per heavy atom. The van der Waals surface area contributed by atoms with Crippen LogP contribution in [-0.4, -0.2) is 143 Å². The van der Waals surface area contributed by atoms with Crippen molar-refractivity contribution in [1.82, 2.24) is 0 Å². The fourth-order valence-corrected chi connectivity index (χ4v) is 14.1. The molecular weight excluding hydrogens is 1520 g/mol. The van der Waals surface area contributed by atoms with Crippen LogP contribution >= 0.6 is 0 Å². The van der Waals surface area contributed by atoms with E-state index in [0.29, 0.717) is 38.4 Å². The lowest BCUT2D eigenvalue weighted by atomic mass is 9.91. The summed E-state index contributed by atoms with van der Waals surface area (Å²) in [6, 6.07) is 0. The molecule has 0 aromatic rings. The van der Waals surface area contributed by atoms with Crippen LogP contribution < -0.4 is 0 Å². The van der Waals surface area contributed by atoms with Crippen LogP contribution in [0.2, 0.25) is 0 Å². The highest BCUT2D eigenvalue weighted by Gasteiger charge is 2.19. The Labute approximate surface area is 745 Å². The molecular formula is C104H198O17. The predicted octanol–water partition coefficient (Wildman–Crippen LogP) is 26.7. The van der Waals surface area contributed by atoms with Gasteiger partial charge in [-0.05, 0) is 159 Å². The van der Waals surface area contributed by atoms with E-state index in [1.807, 2.05) is 0 Å². The molecule has 7 atom stereocenters. The van der Waals surface area contributed by atoms with Crippen LogP contribution in [0.15, 0.2) is 48.6 Å². The van der Waals surface area contributed by atoms with Gasteiger partial charge in [-0.3, -0.25) is 14.4 Å². The summed E-state index contributed by atoms with van der Waals surface area (Å²) in [4.78, 5) is 57.9. The molecule has 0 saturated heterocycles. The van der Waals surface area contributed by atoms with E-state index in [4.69, 9.17) is 54.3 Å². The highest BCUT2D eigenvalue weighted by Crippen LogP contribution is 2.24. The molecule has 0 amide bonds. The second kappa shape index (κ2) is 103. The largest absolute Gasteiger partial charge is 0.464 e. The molecule has 0 bridgehead atoms. The van der Waals surface area contributed by atoms with Crippen molar-refractivity contribution in [3.63, 3.8) is 0 Å². The van der Waals surface area contributed by atoms with E-state index < -0.39 is 49.6 Å². The molecule has 0 radical (unpaired) electrons. The smallest absolute Gasteiger partial charge is 0.337 e. The second-order valence-corrected chi connectivity index (χ2v) is 35.5. The van der Waals surface area contributed by atoms with Crippen molar-refractivity contribution < 1.29 is 83.4 Å². The Morgan fingerprint density at radius 1 is 0.256 bits per heavy atom. The summed E-state index contributed by atoms with van der Waals surface area (Å²) < 4.78 is 25.2. The number of aliphatic hydroxyl groups is 7. The van der Waals surface area contributed by atoms with Crippen molar-refractivity contribution in [2.75, 3.05) is 52.9 Å². The third-order valence-electron chi connectivity index (χ3n) is 22.4. The van der Waals surface area contributed by atoms with Gasteiger partial charge in [0.1, 0.15) is 19.3 Å². The zero-order chi connectivity index (χ0) is 90.0. The molecule has 0 aliphatic carbocycles. The molecule has 0 spiro atoms. The molecule has 0 aliphatic heterocycles. The number of unbranched alkanes of at least 4 members (excludes halogenated alkanes) is 45. The number of carbonyl (C=O) groups is 5. The molecule has 0 heterocycles. The Morgan fingerprint density at radius 2 is 0.512 bits per heavy atom. The van der Waals surface area contributed by atoms with Crippen LogP contribution in [0.4, 0.5) is 0 Å². The van der Waals surface area contributed by atoms with Gasteiger partial charge in [-0.2, -0.15) is 0 Å². The van der Waals surface area contributed by atoms with Gasteiger partial charge in [-0.15, -0.1) is 0 Å². The number of rotatable bonds is 87. The average Bonchev–Trinajstić information content (AvgIpc) is 0.959. The van der Waals surface area contributed by atoms with E-state index in [2.05, 4.69) is 111 Å². The number of hydrogen-bond acceptors (Lipinski definition) is 17. The Kier molecular flexibility index (Phi) is 105. The van der Waals surface area contributed by atoms with E-state index in [1.165, 1.54) is 295 Å². The molecule has 17 nitrogen and oxygen atoms in total. The van der Waals surface area contributed by atoms with Crippen LogP contribution in [0, 0.1) is 23.7 Å². The van der Waals surface area contributed by atoms with E-state index in [0.717, 1.165) is 127 Å². The van der Waals surface area contributed by atoms with Crippen molar-refractivity contribution in [2.24, 2.45) is 23.7 Å². The van der Waals surface area contributed by atoms with Crippen molar-refractivity contribution in [3.05, 3.63) is 48.6 Å². The molecule has 17 heteroatoms. The fourth-order valence-electron chi connectivity index (χ4n) is 14.1. The molecule has 0 fully saturated rings. The maximum absolute atomic E-state index is 12.1. The molecule has 7 unspecified atom stereocenters. The zero-order valence-electron chi connectivity index (χ0n) is 80.3. The number of carbonyl (C=O) groups excluding carboxylic acids is 5. The van der Waals surface area contributed by atoms with Crippen LogP contribution in [0.3, 0.4) is 0 Å². The number of esters is 5. The first-order valence-electron chi connectivity index (χ1n) is 50.7. The second-order valence-electron chi connectivity index (χ2n) is 35.5. The Bertz CT molecular complexity index is 2250. The van der Waals surface area contributed by atoms with Crippen molar-refractivity contribution in [3.8, 4) is 0 Å². The SMILES string of the molecule is CC(C)CCCC(C)CCCC(C)CCCC(C)CCOC(=O)C(O)CO.CCCCCCCC/C=C\CCCCCCCC(=O)OCC(CO)OC(=O)CCCCCCC/C=C\CCCCCCCC.CCCCCCCC/C=C\CCCCCCCC(=O)OCC(O)CO.CCCCCCCC/C=C\CCCCCCCCOC(=O)C(O)CO. The molecule has 716 valence electrons. The summed E-state index contributed by atoms with van der Waals surface area (Å²) in [5, 5.41) is 62.7. The lowest BCUT2D eigenvalue weighted by Gasteiger charge is -2.16. The summed E-state index contributed by atoms with van der Waals surface area (Å²) in [6.07, 6.45) is 92.8. The summed E-state index contributed by atoms with van der Waals surface area (Å²) in [5.74, 6) is 0.651. The molecule has 121 heavy (non-hydrogen) atoms. The van der Waals surface area contributed by atoms with E-state index in [9.17, 15) is 29.1 Å². The first kappa shape index (κ1) is 123. The van der Waals surface area contributed by atoms with Crippen LogP contribution in [0.25, 0.3) is 0 Å². The fraction of sp³-hybridized carbons (Fsp3) is 0.875. The monoisotopic (exact) mass is 1720 g/mol. The molecule has 0 rings (SSSR count). The van der Waals surface area contributed by atoms with Gasteiger partial charge in [-0.25, -0.2) is 9.59 Å². The van der Waals surface area contributed by atoms with Gasteiger partial charge in [0.25, 0.3) is 0 Å². The molecule has 7 N–H and O–H groups in total. The summed E-state index contributed by atoms with van der Waals surface area (Å²) in [5.41, 5.74) is 0. The van der Waals surface area contributed by atoms with Gasteiger partial charge in [0.2, 0.25) is 0 Å². The number of aliphatic hydroxyl groups excluding tert-OH is 7. The zero-order valence-corrected chi connectivity index (χ0v) is 80.3. The minimum atomic E-state index is -1.40. The highest BCUT2D eigenvalue weighted by atomic mass is 16.6. The van der Waals surface area contributed by atoms with Crippen molar-refractivity contribution in [2.45, 2.75) is 511 Å². The maximum atomic E-state index is 12.1. The minimum Gasteiger partial charge on any atom is -0.464 e. The molecule has 0 saturated carbocycles. The van der Waals surface area contributed by atoms with Crippen molar-refractivity contribution in [1.29, 1.82) is 0 Å². The number of hydrogen-bond donors (Lipinski definition) is 7. The molecule has 0 aromatic carbocycles. The quantitative estimate of drug-likeness (QED) is 0.0129. The standard InChI is InChI=1S/C39H72O5.C23H46O4.2C21H40O4/c1-3-5-7-9-11-13-15-17-19-21-23-25-27-29-31-33-38(41)43-36-37(35-40)44-39(42)34-32-30-28-26-24-22-20-18-16-14-12-10-8-6-4-2;1-18(2)9-6-10-19(3)11-7-12-20(4)13-8-14-21(5)15-16-27-23(26)22(25)17-24;1-2-3-4-5-6-7-8-9-10-11-12-13-14-15-16-17-21(24)25-19-20(23)18-22;1-2-3-4-5-6-7-8-9-10-11-12-13-14-15-16-17-18-25-21(24)20(23)19-22/h17-20,37,40H,3-16,21-36H2,1-2H3;18-22,24-25H,6-17H2,1-5H3;2*9-10,20,22-23H,2-8,11-19H2,1H3/b19-17-,20-18-;;2*10-9-. The van der Waals surface area contributed by atoms with E-state index >= 15 is 0 Å².